The minimum Gasteiger partial charge on any atom is -0.396 e. The maximum absolute atomic E-state index is 12.9. The zero-order valence-electron chi connectivity index (χ0n) is 15.3. The molecule has 0 spiro atoms. The summed E-state index contributed by atoms with van der Waals surface area (Å²) in [5.74, 6) is 0.0416. The van der Waals surface area contributed by atoms with E-state index in [1.54, 1.807) is 6.20 Å². The van der Waals surface area contributed by atoms with Crippen molar-refractivity contribution in [3.8, 4) is 5.69 Å². The first kappa shape index (κ1) is 17.7. The highest BCUT2D eigenvalue weighted by Crippen LogP contribution is 2.34. The van der Waals surface area contributed by atoms with Gasteiger partial charge in [-0.2, -0.15) is 5.10 Å². The lowest BCUT2D eigenvalue weighted by Crippen LogP contribution is -2.44. The zero-order valence-corrected chi connectivity index (χ0v) is 15.3. The molecule has 134 valence electrons. The van der Waals surface area contributed by atoms with Crippen molar-refractivity contribution < 1.29 is 9.90 Å². The summed E-state index contributed by atoms with van der Waals surface area (Å²) < 4.78 is 1.84. The number of nitrogens with zero attached hydrogens (tertiary/aromatic N) is 3. The van der Waals surface area contributed by atoms with Gasteiger partial charge in [0, 0.05) is 19.7 Å². The topological polar surface area (TPSA) is 58.4 Å². The first-order chi connectivity index (χ1) is 12.0. The van der Waals surface area contributed by atoms with Crippen molar-refractivity contribution in [1.29, 1.82) is 0 Å². The van der Waals surface area contributed by atoms with E-state index in [1.165, 1.54) is 0 Å². The Labute approximate surface area is 149 Å². The molecule has 1 aromatic carbocycles. The number of aryl methyl sites for hydroxylation is 1. The van der Waals surface area contributed by atoms with Crippen LogP contribution in [0.1, 0.15) is 47.8 Å². The van der Waals surface area contributed by atoms with E-state index in [1.807, 2.05) is 47.7 Å². The highest BCUT2D eigenvalue weighted by Gasteiger charge is 2.34. The van der Waals surface area contributed by atoms with Crippen molar-refractivity contribution >= 4 is 5.91 Å². The van der Waals surface area contributed by atoms with Gasteiger partial charge in [-0.05, 0) is 50.2 Å². The number of aromatic nitrogens is 2. The van der Waals surface area contributed by atoms with E-state index in [2.05, 4.69) is 12.0 Å². The molecule has 0 unspecified atom stereocenters. The summed E-state index contributed by atoms with van der Waals surface area (Å²) in [6.45, 7) is 7.70. The minimum absolute atomic E-state index is 0.0167. The lowest BCUT2D eigenvalue weighted by Gasteiger charge is -2.40. The van der Waals surface area contributed by atoms with E-state index < -0.39 is 0 Å². The van der Waals surface area contributed by atoms with E-state index >= 15 is 0 Å². The highest BCUT2D eigenvalue weighted by atomic mass is 16.3. The Hall–Kier alpha value is -2.14. The smallest absolute Gasteiger partial charge is 0.257 e. The number of carbonyl (C=O) groups excluding carboxylic acids is 1. The summed E-state index contributed by atoms with van der Waals surface area (Å²) in [6.07, 6.45) is 4.35. The molecule has 2 aromatic rings. The van der Waals surface area contributed by atoms with Gasteiger partial charge in [0.15, 0.2) is 0 Å². The molecule has 2 heterocycles. The van der Waals surface area contributed by atoms with E-state index in [-0.39, 0.29) is 17.9 Å². The summed E-state index contributed by atoms with van der Waals surface area (Å²) in [4.78, 5) is 14.8. The van der Waals surface area contributed by atoms with Gasteiger partial charge < -0.3 is 10.0 Å². The van der Waals surface area contributed by atoms with Gasteiger partial charge in [-0.3, -0.25) is 4.79 Å². The van der Waals surface area contributed by atoms with Gasteiger partial charge in [0.2, 0.25) is 0 Å². The Morgan fingerprint density at radius 2 is 1.92 bits per heavy atom. The van der Waals surface area contributed by atoms with Crippen LogP contribution in [0.2, 0.25) is 0 Å². The molecule has 1 aliphatic rings. The monoisotopic (exact) mass is 341 g/mol. The van der Waals surface area contributed by atoms with Crippen LogP contribution >= 0.6 is 0 Å². The number of piperidine rings is 1. The normalized spacial score (nSPS) is 16.9. The van der Waals surface area contributed by atoms with Gasteiger partial charge in [-0.1, -0.05) is 25.1 Å². The molecular formula is C20H27N3O2. The Morgan fingerprint density at radius 3 is 2.52 bits per heavy atom. The maximum Gasteiger partial charge on any atom is 0.257 e. The molecule has 3 rings (SSSR count). The van der Waals surface area contributed by atoms with Crippen molar-refractivity contribution in [2.75, 3.05) is 19.7 Å². The summed E-state index contributed by atoms with van der Waals surface area (Å²) in [6, 6.07) is 8.04. The molecular weight excluding hydrogens is 314 g/mol. The van der Waals surface area contributed by atoms with Crippen LogP contribution in [0.4, 0.5) is 0 Å². The Balaban J connectivity index is 1.80. The number of carbonyl (C=O) groups is 1. The fourth-order valence-corrected chi connectivity index (χ4v) is 3.64. The largest absolute Gasteiger partial charge is 0.396 e. The van der Waals surface area contributed by atoms with Crippen LogP contribution in [-0.4, -0.2) is 45.4 Å². The van der Waals surface area contributed by atoms with Gasteiger partial charge in [0.05, 0.1) is 23.1 Å². The van der Waals surface area contributed by atoms with Crippen LogP contribution in [0.3, 0.4) is 0 Å². The Morgan fingerprint density at radius 1 is 1.24 bits per heavy atom. The molecule has 0 aliphatic carbocycles. The van der Waals surface area contributed by atoms with Crippen LogP contribution in [-0.2, 0) is 0 Å². The van der Waals surface area contributed by atoms with E-state index in [0.29, 0.717) is 18.7 Å². The van der Waals surface area contributed by atoms with Crippen molar-refractivity contribution in [2.24, 2.45) is 5.41 Å². The molecule has 0 radical (unpaired) electrons. The van der Waals surface area contributed by atoms with Gasteiger partial charge in [-0.15, -0.1) is 0 Å². The fraction of sp³-hybridized carbons (Fsp3) is 0.500. The summed E-state index contributed by atoms with van der Waals surface area (Å²) >= 11 is 0. The second-order valence-corrected chi connectivity index (χ2v) is 7.15. The fourth-order valence-electron chi connectivity index (χ4n) is 3.64. The number of hydrogen-bond acceptors (Lipinski definition) is 3. The molecule has 0 atom stereocenters. The van der Waals surface area contributed by atoms with Crippen molar-refractivity contribution in [1.82, 2.24) is 14.7 Å². The van der Waals surface area contributed by atoms with Crippen LogP contribution in [0.5, 0.6) is 0 Å². The lowest BCUT2D eigenvalue weighted by molar-refractivity contribution is 0.0337. The molecule has 1 N–H and O–H groups in total. The van der Waals surface area contributed by atoms with Crippen LogP contribution in [0.25, 0.3) is 5.69 Å². The van der Waals surface area contributed by atoms with Crippen LogP contribution in [0, 0.1) is 19.3 Å². The second kappa shape index (κ2) is 7.00. The van der Waals surface area contributed by atoms with E-state index in [0.717, 1.165) is 36.2 Å². The molecule has 25 heavy (non-hydrogen) atoms. The molecule has 0 bridgehead atoms. The summed E-state index contributed by atoms with van der Waals surface area (Å²) in [5.41, 5.74) is 3.64. The molecule has 1 fully saturated rings. The molecule has 1 aliphatic heterocycles. The average molecular weight is 341 g/mol. The number of amides is 1. The van der Waals surface area contributed by atoms with Crippen molar-refractivity contribution in [2.45, 2.75) is 40.0 Å². The number of rotatable bonds is 4. The quantitative estimate of drug-likeness (QED) is 0.929. The summed E-state index contributed by atoms with van der Waals surface area (Å²) in [5, 5.41) is 14.1. The van der Waals surface area contributed by atoms with Crippen LogP contribution < -0.4 is 0 Å². The van der Waals surface area contributed by atoms with E-state index in [4.69, 9.17) is 0 Å². The molecule has 1 saturated heterocycles. The number of likely N-dealkylation sites (tertiary alicyclic amines) is 1. The predicted molar refractivity (Wildman–Crippen MR) is 98.0 cm³/mol. The first-order valence-electron chi connectivity index (χ1n) is 9.02. The minimum atomic E-state index is -0.0167. The Bertz CT molecular complexity index is 752. The zero-order chi connectivity index (χ0) is 18.0. The molecule has 0 saturated carbocycles. The molecule has 1 aromatic heterocycles. The third-order valence-electron chi connectivity index (χ3n) is 5.78. The van der Waals surface area contributed by atoms with Crippen molar-refractivity contribution in [3.63, 3.8) is 0 Å². The Kier molecular flexibility index (Phi) is 4.95. The number of aliphatic hydroxyl groups is 1. The number of hydrogen-bond donors (Lipinski definition) is 1. The number of aliphatic hydroxyl groups excluding tert-OH is 1. The third-order valence-corrected chi connectivity index (χ3v) is 5.78. The van der Waals surface area contributed by atoms with Gasteiger partial charge in [0.1, 0.15) is 0 Å². The summed E-state index contributed by atoms with van der Waals surface area (Å²) in [7, 11) is 0. The maximum atomic E-state index is 12.9. The number of benzene rings is 1. The SMILES string of the molecule is CCC1(CO)CCN(C(=O)c2cnn(-c3ccccc3C)c2C)CC1. The molecule has 5 nitrogen and oxygen atoms in total. The average Bonchev–Trinajstić information content (AvgIpc) is 3.03. The molecule has 5 heteroatoms. The highest BCUT2D eigenvalue weighted by molar-refractivity contribution is 5.95. The lowest BCUT2D eigenvalue weighted by atomic mass is 9.77. The van der Waals surface area contributed by atoms with Gasteiger partial charge >= 0.3 is 0 Å². The molecule has 1 amide bonds. The van der Waals surface area contributed by atoms with E-state index in [9.17, 15) is 9.90 Å². The van der Waals surface area contributed by atoms with Crippen molar-refractivity contribution in [3.05, 3.63) is 47.3 Å². The predicted octanol–water partition coefficient (Wildman–Crippen LogP) is 3.11. The second-order valence-electron chi connectivity index (χ2n) is 7.15. The first-order valence-corrected chi connectivity index (χ1v) is 9.02. The standard InChI is InChI=1S/C20H27N3O2/c1-4-20(14-24)9-11-22(12-10-20)19(25)17-13-21-23(16(17)3)18-8-6-5-7-15(18)2/h5-8,13,24H,4,9-12,14H2,1-3H3. The van der Waals surface area contributed by atoms with Gasteiger partial charge in [-0.25, -0.2) is 4.68 Å². The van der Waals surface area contributed by atoms with Gasteiger partial charge in [0.25, 0.3) is 5.91 Å². The van der Waals surface area contributed by atoms with Crippen LogP contribution in [0.15, 0.2) is 30.5 Å². The third kappa shape index (κ3) is 3.21. The number of para-hydroxylation sites is 1.